The molecule has 1 fully saturated rings. The van der Waals surface area contributed by atoms with Crippen LogP contribution in [-0.2, 0) is 6.42 Å². The molecule has 2 atom stereocenters. The Labute approximate surface area is 117 Å². The first kappa shape index (κ1) is 12.7. The molecule has 1 N–H and O–H groups in total. The summed E-state index contributed by atoms with van der Waals surface area (Å²) in [6.07, 6.45) is 3.00. The van der Waals surface area contributed by atoms with Gasteiger partial charge in [-0.25, -0.2) is 0 Å². The number of nitrogens with zero attached hydrogens (tertiary/aromatic N) is 1. The van der Waals surface area contributed by atoms with Crippen LogP contribution in [0.4, 0.5) is 0 Å². The van der Waals surface area contributed by atoms with E-state index in [1.54, 1.807) is 6.07 Å². The smallest absolute Gasteiger partial charge is 0.0837 e. The molecule has 4 heteroatoms. The van der Waals surface area contributed by atoms with Crippen LogP contribution >= 0.6 is 23.2 Å². The van der Waals surface area contributed by atoms with Crippen LogP contribution in [0.1, 0.15) is 30.1 Å². The molecule has 0 amide bonds. The normalized spacial score (nSPS) is 27.7. The number of benzene rings is 1. The zero-order valence-electron chi connectivity index (χ0n) is 10.2. The van der Waals surface area contributed by atoms with Gasteiger partial charge in [-0.15, -0.1) is 0 Å². The lowest BCUT2D eigenvalue weighted by atomic mass is 10.0. The molecular weight excluding hydrogens is 269 g/mol. The summed E-state index contributed by atoms with van der Waals surface area (Å²) in [5.41, 5.74) is 2.01. The van der Waals surface area contributed by atoms with E-state index in [-0.39, 0.29) is 5.92 Å². The molecule has 0 radical (unpaired) electrons. The van der Waals surface area contributed by atoms with Gasteiger partial charge in [0.25, 0.3) is 0 Å². The van der Waals surface area contributed by atoms with Crippen LogP contribution in [0.5, 0.6) is 0 Å². The second kappa shape index (κ2) is 5.01. The van der Waals surface area contributed by atoms with E-state index in [9.17, 15) is 5.11 Å². The molecule has 2 aliphatic rings. The topological polar surface area (TPSA) is 23.5 Å². The van der Waals surface area contributed by atoms with Crippen molar-refractivity contribution in [3.05, 3.63) is 33.3 Å². The van der Waals surface area contributed by atoms with Gasteiger partial charge in [0.05, 0.1) is 6.10 Å². The highest BCUT2D eigenvalue weighted by atomic mass is 35.5. The highest BCUT2D eigenvalue weighted by molar-refractivity contribution is 6.35. The Kier molecular flexibility index (Phi) is 3.55. The van der Waals surface area contributed by atoms with Gasteiger partial charge >= 0.3 is 0 Å². The molecule has 1 aliphatic carbocycles. The Morgan fingerprint density at radius 1 is 1.22 bits per heavy atom. The van der Waals surface area contributed by atoms with Crippen molar-refractivity contribution in [1.82, 2.24) is 4.90 Å². The van der Waals surface area contributed by atoms with Crippen LogP contribution in [0.25, 0.3) is 0 Å². The van der Waals surface area contributed by atoms with Gasteiger partial charge in [0.2, 0.25) is 0 Å². The largest absolute Gasteiger partial charge is 0.388 e. The fraction of sp³-hybridized carbons (Fsp3) is 0.571. The fourth-order valence-corrected chi connectivity index (χ4v) is 3.78. The van der Waals surface area contributed by atoms with E-state index in [0.29, 0.717) is 10.0 Å². The first-order valence-electron chi connectivity index (χ1n) is 6.53. The number of halogens is 2. The Morgan fingerprint density at radius 3 is 2.67 bits per heavy atom. The predicted molar refractivity (Wildman–Crippen MR) is 74.3 cm³/mol. The van der Waals surface area contributed by atoms with Crippen molar-refractivity contribution in [2.24, 2.45) is 5.92 Å². The van der Waals surface area contributed by atoms with E-state index < -0.39 is 6.10 Å². The molecule has 1 aromatic rings. The molecule has 1 unspecified atom stereocenters. The minimum Gasteiger partial charge on any atom is -0.388 e. The third-order valence-electron chi connectivity index (χ3n) is 4.12. The van der Waals surface area contributed by atoms with Crippen LogP contribution in [0.3, 0.4) is 0 Å². The third-order valence-corrected chi connectivity index (χ3v) is 4.67. The van der Waals surface area contributed by atoms with Crippen molar-refractivity contribution < 1.29 is 5.11 Å². The van der Waals surface area contributed by atoms with Gasteiger partial charge in [0, 0.05) is 22.5 Å². The molecule has 2 nitrogen and oxygen atoms in total. The number of hydrogen-bond acceptors (Lipinski definition) is 2. The molecule has 18 heavy (non-hydrogen) atoms. The molecule has 3 rings (SSSR count). The summed E-state index contributed by atoms with van der Waals surface area (Å²) in [5, 5.41) is 11.7. The van der Waals surface area contributed by atoms with E-state index in [4.69, 9.17) is 23.2 Å². The van der Waals surface area contributed by atoms with E-state index in [1.807, 2.05) is 6.07 Å². The summed E-state index contributed by atoms with van der Waals surface area (Å²) in [6, 6.07) is 3.63. The molecule has 1 heterocycles. The van der Waals surface area contributed by atoms with Gasteiger partial charge in [-0.1, -0.05) is 23.2 Å². The van der Waals surface area contributed by atoms with Gasteiger partial charge in [-0.05, 0) is 55.6 Å². The zero-order chi connectivity index (χ0) is 12.7. The molecule has 0 spiro atoms. The number of aliphatic hydroxyl groups is 1. The maximum atomic E-state index is 10.4. The van der Waals surface area contributed by atoms with E-state index in [1.165, 1.54) is 12.8 Å². The average Bonchev–Trinajstić information content (AvgIpc) is 2.91. The number of hydrogen-bond donors (Lipinski definition) is 1. The van der Waals surface area contributed by atoms with Gasteiger partial charge in [0.1, 0.15) is 0 Å². The van der Waals surface area contributed by atoms with Gasteiger partial charge in [0.15, 0.2) is 0 Å². The van der Waals surface area contributed by atoms with Crippen molar-refractivity contribution in [3.8, 4) is 0 Å². The summed E-state index contributed by atoms with van der Waals surface area (Å²) in [4.78, 5) is 2.44. The first-order chi connectivity index (χ1) is 8.65. The van der Waals surface area contributed by atoms with Crippen LogP contribution in [0.15, 0.2) is 12.1 Å². The second-order valence-corrected chi connectivity index (χ2v) is 6.22. The molecule has 0 saturated carbocycles. The summed E-state index contributed by atoms with van der Waals surface area (Å²) < 4.78 is 0. The van der Waals surface area contributed by atoms with Crippen molar-refractivity contribution in [1.29, 1.82) is 0 Å². The zero-order valence-corrected chi connectivity index (χ0v) is 11.7. The van der Waals surface area contributed by atoms with Crippen molar-refractivity contribution in [2.75, 3.05) is 19.6 Å². The summed E-state index contributed by atoms with van der Waals surface area (Å²) in [7, 11) is 0. The molecule has 1 aromatic carbocycles. The maximum Gasteiger partial charge on any atom is 0.0837 e. The summed E-state index contributed by atoms with van der Waals surface area (Å²) >= 11 is 12.2. The molecule has 1 saturated heterocycles. The van der Waals surface area contributed by atoms with E-state index in [0.717, 1.165) is 37.2 Å². The monoisotopic (exact) mass is 285 g/mol. The lowest BCUT2D eigenvalue weighted by Crippen LogP contribution is -2.28. The molecular formula is C14H17Cl2NO. The summed E-state index contributed by atoms with van der Waals surface area (Å²) in [6.45, 7) is 3.28. The first-order valence-corrected chi connectivity index (χ1v) is 7.29. The quantitative estimate of drug-likeness (QED) is 0.901. The molecule has 1 aliphatic heterocycles. The minimum absolute atomic E-state index is 0.258. The third kappa shape index (κ3) is 2.27. The highest BCUT2D eigenvalue weighted by Gasteiger charge is 2.34. The minimum atomic E-state index is -0.420. The molecule has 98 valence electrons. The van der Waals surface area contributed by atoms with Crippen molar-refractivity contribution >= 4 is 23.2 Å². The lowest BCUT2D eigenvalue weighted by Gasteiger charge is -2.22. The van der Waals surface area contributed by atoms with Crippen molar-refractivity contribution in [2.45, 2.75) is 25.4 Å². The Balaban J connectivity index is 1.80. The lowest BCUT2D eigenvalue weighted by molar-refractivity contribution is 0.0990. The fourth-order valence-electron chi connectivity index (χ4n) is 3.19. The van der Waals surface area contributed by atoms with Gasteiger partial charge in [-0.2, -0.15) is 0 Å². The number of rotatable bonds is 2. The van der Waals surface area contributed by atoms with Crippen LogP contribution in [0.2, 0.25) is 10.0 Å². The Hall–Kier alpha value is -0.280. The van der Waals surface area contributed by atoms with Crippen LogP contribution in [0, 0.1) is 5.92 Å². The average molecular weight is 286 g/mol. The predicted octanol–water partition coefficient (Wildman–Crippen LogP) is 3.29. The molecule has 0 aromatic heterocycles. The Bertz CT molecular complexity index is 457. The van der Waals surface area contributed by atoms with E-state index >= 15 is 0 Å². The second-order valence-electron chi connectivity index (χ2n) is 5.37. The number of aliphatic hydroxyl groups excluding tert-OH is 1. The highest BCUT2D eigenvalue weighted by Crippen LogP contribution is 2.41. The summed E-state index contributed by atoms with van der Waals surface area (Å²) in [5.74, 6) is 0.258. The number of fused-ring (bicyclic) bond motifs is 1. The van der Waals surface area contributed by atoms with Crippen LogP contribution < -0.4 is 0 Å². The van der Waals surface area contributed by atoms with Crippen molar-refractivity contribution in [3.63, 3.8) is 0 Å². The van der Waals surface area contributed by atoms with Gasteiger partial charge in [-0.3, -0.25) is 0 Å². The molecule has 0 bridgehead atoms. The number of likely N-dealkylation sites (tertiary alicyclic amines) is 1. The van der Waals surface area contributed by atoms with Crippen LogP contribution in [-0.4, -0.2) is 29.6 Å². The maximum absolute atomic E-state index is 10.4. The Morgan fingerprint density at radius 2 is 1.94 bits per heavy atom. The SMILES string of the molecule is OC1c2cc(Cl)cc(Cl)c2C[C@@H]1CN1CCCC1. The standard InChI is InChI=1S/C14H17Cl2NO/c15-10-6-12-11(13(16)7-10)5-9(14(12)18)8-17-3-1-2-4-17/h6-7,9,14,18H,1-5,8H2/t9-,14?/m1/s1. The van der Waals surface area contributed by atoms with Gasteiger partial charge < -0.3 is 10.0 Å². The van der Waals surface area contributed by atoms with E-state index in [2.05, 4.69) is 4.90 Å².